The molecular formula is C14H10BrN3S. The molecule has 19 heavy (non-hydrogen) atoms. The summed E-state index contributed by atoms with van der Waals surface area (Å²) < 4.78 is 1.06. The van der Waals surface area contributed by atoms with Crippen LogP contribution in [0.4, 0.5) is 10.8 Å². The Morgan fingerprint density at radius 3 is 2.89 bits per heavy atom. The van der Waals surface area contributed by atoms with Crippen LogP contribution >= 0.6 is 27.3 Å². The van der Waals surface area contributed by atoms with E-state index in [1.165, 1.54) is 0 Å². The van der Waals surface area contributed by atoms with E-state index in [0.29, 0.717) is 0 Å². The number of nitrogens with one attached hydrogen (secondary N) is 1. The summed E-state index contributed by atoms with van der Waals surface area (Å²) in [5.74, 6) is 0. The zero-order valence-corrected chi connectivity index (χ0v) is 12.3. The molecule has 0 aliphatic heterocycles. The molecular weight excluding hydrogens is 322 g/mol. The molecule has 0 radical (unpaired) electrons. The third-order valence-electron chi connectivity index (χ3n) is 2.54. The second-order valence-electron chi connectivity index (χ2n) is 3.91. The van der Waals surface area contributed by atoms with Gasteiger partial charge >= 0.3 is 0 Å². The van der Waals surface area contributed by atoms with Gasteiger partial charge in [0.2, 0.25) is 0 Å². The molecule has 3 aromatic rings. The fourth-order valence-corrected chi connectivity index (χ4v) is 2.81. The van der Waals surface area contributed by atoms with Gasteiger partial charge in [-0.1, -0.05) is 28.1 Å². The van der Waals surface area contributed by atoms with Gasteiger partial charge < -0.3 is 5.32 Å². The number of aromatic nitrogens is 2. The van der Waals surface area contributed by atoms with Gasteiger partial charge in [-0.05, 0) is 24.3 Å². The number of rotatable bonds is 3. The van der Waals surface area contributed by atoms with Crippen molar-refractivity contribution in [1.29, 1.82) is 0 Å². The molecule has 0 spiro atoms. The first-order valence-electron chi connectivity index (χ1n) is 5.70. The van der Waals surface area contributed by atoms with Crippen LogP contribution in [0.15, 0.2) is 58.6 Å². The third kappa shape index (κ3) is 3.00. The maximum absolute atomic E-state index is 4.58. The van der Waals surface area contributed by atoms with Crippen LogP contribution in [0.25, 0.3) is 11.3 Å². The van der Waals surface area contributed by atoms with E-state index in [-0.39, 0.29) is 0 Å². The molecule has 0 amide bonds. The van der Waals surface area contributed by atoms with Gasteiger partial charge in [0.05, 0.1) is 17.6 Å². The summed E-state index contributed by atoms with van der Waals surface area (Å²) in [5.41, 5.74) is 3.01. The molecule has 0 bridgehead atoms. The topological polar surface area (TPSA) is 37.8 Å². The molecule has 1 N–H and O–H groups in total. The predicted molar refractivity (Wildman–Crippen MR) is 82.8 cm³/mol. The summed E-state index contributed by atoms with van der Waals surface area (Å²) in [5, 5.41) is 6.15. The summed E-state index contributed by atoms with van der Waals surface area (Å²) in [4.78, 5) is 8.64. The first-order chi connectivity index (χ1) is 9.31. The van der Waals surface area contributed by atoms with E-state index in [0.717, 1.165) is 26.5 Å². The number of thiazole rings is 1. The van der Waals surface area contributed by atoms with Crippen LogP contribution in [0.3, 0.4) is 0 Å². The van der Waals surface area contributed by atoms with Crippen molar-refractivity contribution in [3.8, 4) is 11.3 Å². The normalized spacial score (nSPS) is 10.4. The highest BCUT2D eigenvalue weighted by molar-refractivity contribution is 9.10. The van der Waals surface area contributed by atoms with Gasteiger partial charge in [-0.25, -0.2) is 4.98 Å². The Hall–Kier alpha value is -1.72. The summed E-state index contributed by atoms with van der Waals surface area (Å²) in [6.45, 7) is 0. The largest absolute Gasteiger partial charge is 0.330 e. The standard InChI is InChI=1S/C14H10BrN3S/c15-11-4-1-3-10(7-11)13-9-19-14(18-13)17-12-5-2-6-16-8-12/h1-9H,(H,17,18). The lowest BCUT2D eigenvalue weighted by Crippen LogP contribution is -1.89. The molecule has 0 aliphatic carbocycles. The molecule has 3 rings (SSSR count). The summed E-state index contributed by atoms with van der Waals surface area (Å²) >= 11 is 5.05. The lowest BCUT2D eigenvalue weighted by molar-refractivity contribution is 1.31. The molecule has 0 saturated carbocycles. The number of hydrogen-bond donors (Lipinski definition) is 1. The second kappa shape index (κ2) is 5.50. The number of anilines is 2. The van der Waals surface area contributed by atoms with Gasteiger partial charge in [-0.3, -0.25) is 4.98 Å². The van der Waals surface area contributed by atoms with E-state index in [9.17, 15) is 0 Å². The maximum atomic E-state index is 4.58. The Kier molecular flexibility index (Phi) is 3.57. The summed E-state index contributed by atoms with van der Waals surface area (Å²) in [7, 11) is 0. The predicted octanol–water partition coefficient (Wildman–Crippen LogP) is 4.71. The summed E-state index contributed by atoms with van der Waals surface area (Å²) in [6.07, 6.45) is 3.53. The molecule has 0 saturated heterocycles. The van der Waals surface area contributed by atoms with Gasteiger partial charge in [0.25, 0.3) is 0 Å². The average Bonchev–Trinajstić information content (AvgIpc) is 2.88. The van der Waals surface area contributed by atoms with Crippen LogP contribution in [0.1, 0.15) is 0 Å². The third-order valence-corrected chi connectivity index (χ3v) is 3.79. The molecule has 94 valence electrons. The molecule has 5 heteroatoms. The average molecular weight is 332 g/mol. The minimum Gasteiger partial charge on any atom is -0.330 e. The van der Waals surface area contributed by atoms with Gasteiger partial charge in [-0.2, -0.15) is 0 Å². The molecule has 3 nitrogen and oxygen atoms in total. The Morgan fingerprint density at radius 2 is 2.11 bits per heavy atom. The fourth-order valence-electron chi connectivity index (χ4n) is 1.67. The highest BCUT2D eigenvalue weighted by atomic mass is 79.9. The van der Waals surface area contributed by atoms with Crippen molar-refractivity contribution >= 4 is 38.1 Å². The van der Waals surface area contributed by atoms with Crippen LogP contribution in [0, 0.1) is 0 Å². The Balaban J connectivity index is 1.84. The lowest BCUT2D eigenvalue weighted by Gasteiger charge is -2.00. The minimum absolute atomic E-state index is 0.864. The highest BCUT2D eigenvalue weighted by Crippen LogP contribution is 2.28. The Bertz CT molecular complexity index is 682. The number of hydrogen-bond acceptors (Lipinski definition) is 4. The van der Waals surface area contributed by atoms with E-state index in [1.807, 2.05) is 35.7 Å². The number of halogens is 1. The van der Waals surface area contributed by atoms with Crippen LogP contribution < -0.4 is 5.32 Å². The first kappa shape index (κ1) is 12.3. The molecule has 0 aliphatic rings. The van der Waals surface area contributed by atoms with Crippen molar-refractivity contribution in [2.75, 3.05) is 5.32 Å². The van der Waals surface area contributed by atoms with E-state index < -0.39 is 0 Å². The van der Waals surface area contributed by atoms with Crippen LogP contribution in [-0.2, 0) is 0 Å². The van der Waals surface area contributed by atoms with Crippen LogP contribution in [-0.4, -0.2) is 9.97 Å². The monoisotopic (exact) mass is 331 g/mol. The highest BCUT2D eigenvalue weighted by Gasteiger charge is 2.05. The lowest BCUT2D eigenvalue weighted by atomic mass is 10.2. The number of pyridine rings is 1. The quantitative estimate of drug-likeness (QED) is 0.755. The van der Waals surface area contributed by atoms with Crippen molar-refractivity contribution in [1.82, 2.24) is 9.97 Å². The van der Waals surface area contributed by atoms with Crippen molar-refractivity contribution in [3.05, 3.63) is 58.6 Å². The van der Waals surface area contributed by atoms with Crippen molar-refractivity contribution in [2.24, 2.45) is 0 Å². The van der Waals surface area contributed by atoms with Gasteiger partial charge in [0.1, 0.15) is 0 Å². The van der Waals surface area contributed by atoms with Crippen LogP contribution in [0.2, 0.25) is 0 Å². The van der Waals surface area contributed by atoms with E-state index in [2.05, 4.69) is 37.3 Å². The van der Waals surface area contributed by atoms with Crippen LogP contribution in [0.5, 0.6) is 0 Å². The first-order valence-corrected chi connectivity index (χ1v) is 7.37. The van der Waals surface area contributed by atoms with Gasteiger partial charge in [-0.15, -0.1) is 11.3 Å². The molecule has 0 unspecified atom stereocenters. The van der Waals surface area contributed by atoms with E-state index >= 15 is 0 Å². The molecule has 2 aromatic heterocycles. The zero-order valence-electron chi connectivity index (χ0n) is 9.88. The number of benzene rings is 1. The Morgan fingerprint density at radius 1 is 1.16 bits per heavy atom. The van der Waals surface area contributed by atoms with Crippen molar-refractivity contribution in [2.45, 2.75) is 0 Å². The number of nitrogens with zero attached hydrogens (tertiary/aromatic N) is 2. The van der Waals surface area contributed by atoms with Gasteiger partial charge in [0, 0.05) is 21.6 Å². The minimum atomic E-state index is 0.864. The smallest absolute Gasteiger partial charge is 0.187 e. The Labute approximate surface area is 123 Å². The molecule has 1 aromatic carbocycles. The summed E-state index contributed by atoms with van der Waals surface area (Å²) in [6, 6.07) is 12.0. The van der Waals surface area contributed by atoms with E-state index in [4.69, 9.17) is 0 Å². The fraction of sp³-hybridized carbons (Fsp3) is 0. The van der Waals surface area contributed by atoms with E-state index in [1.54, 1.807) is 23.7 Å². The SMILES string of the molecule is Brc1cccc(-c2csc(Nc3cccnc3)n2)c1. The zero-order chi connectivity index (χ0) is 13.1. The molecule has 0 atom stereocenters. The maximum Gasteiger partial charge on any atom is 0.187 e. The molecule has 0 fully saturated rings. The van der Waals surface area contributed by atoms with Crippen molar-refractivity contribution in [3.63, 3.8) is 0 Å². The second-order valence-corrected chi connectivity index (χ2v) is 5.69. The van der Waals surface area contributed by atoms with Crippen molar-refractivity contribution < 1.29 is 0 Å². The molecule has 2 heterocycles. The van der Waals surface area contributed by atoms with Gasteiger partial charge in [0.15, 0.2) is 5.13 Å².